The highest BCUT2D eigenvalue weighted by Crippen LogP contribution is 2.28. The van der Waals surface area contributed by atoms with Crippen LogP contribution < -0.4 is 21.7 Å². The van der Waals surface area contributed by atoms with Crippen molar-refractivity contribution in [2.45, 2.75) is 12.8 Å². The van der Waals surface area contributed by atoms with Gasteiger partial charge in [-0.05, 0) is 12.8 Å². The molecule has 5 N–H and O–H groups in total. The number of carbonyl (C=O) groups excluding carboxylic acids is 3. The Bertz CT molecular complexity index is 368. The lowest BCUT2D eigenvalue weighted by Crippen LogP contribution is -2.44. The molecule has 1 rings (SSSR count). The smallest absolute Gasteiger partial charge is 0.309 e. The van der Waals surface area contributed by atoms with Crippen molar-refractivity contribution < 1.29 is 14.4 Å². The van der Waals surface area contributed by atoms with Gasteiger partial charge >= 0.3 is 11.8 Å². The Kier molecular flexibility index (Phi) is 5.50. The van der Waals surface area contributed by atoms with Crippen LogP contribution in [0.5, 0.6) is 0 Å². The van der Waals surface area contributed by atoms with Crippen LogP contribution in [0.2, 0.25) is 0 Å². The van der Waals surface area contributed by atoms with E-state index in [1.165, 1.54) is 0 Å². The van der Waals surface area contributed by atoms with Crippen LogP contribution in [0, 0.1) is 5.92 Å². The van der Waals surface area contributed by atoms with Gasteiger partial charge in [0.1, 0.15) is 0 Å². The van der Waals surface area contributed by atoms with Gasteiger partial charge in [-0.2, -0.15) is 0 Å². The molecule has 1 fully saturated rings. The zero-order valence-corrected chi connectivity index (χ0v) is 10.6. The summed E-state index contributed by atoms with van der Waals surface area (Å²) in [5.41, 5.74) is 5.17. The van der Waals surface area contributed by atoms with E-state index >= 15 is 0 Å². The second kappa shape index (κ2) is 6.90. The normalized spacial score (nSPS) is 13.6. The molecule has 0 aromatic carbocycles. The first kappa shape index (κ1) is 14.4. The van der Waals surface area contributed by atoms with Crippen molar-refractivity contribution in [1.82, 2.24) is 16.0 Å². The molecule has 3 amide bonds. The van der Waals surface area contributed by atoms with Gasteiger partial charge in [-0.1, -0.05) is 12.2 Å². The third-order valence-corrected chi connectivity index (χ3v) is 2.43. The molecular formula is C10H16N4O3S. The molecule has 0 aliphatic heterocycles. The molecule has 0 aromatic rings. The van der Waals surface area contributed by atoms with Gasteiger partial charge in [0.2, 0.25) is 5.91 Å². The first-order valence-corrected chi connectivity index (χ1v) is 6.03. The maximum absolute atomic E-state index is 11.2. The molecule has 100 valence electrons. The summed E-state index contributed by atoms with van der Waals surface area (Å²) in [7, 11) is 0. The average molecular weight is 272 g/mol. The van der Waals surface area contributed by atoms with Crippen molar-refractivity contribution in [2.75, 3.05) is 19.6 Å². The van der Waals surface area contributed by atoms with Crippen LogP contribution >= 0.6 is 12.2 Å². The molecule has 0 unspecified atom stereocenters. The number of nitrogens with one attached hydrogen (secondary N) is 3. The van der Waals surface area contributed by atoms with Crippen LogP contribution in [0.3, 0.4) is 0 Å². The van der Waals surface area contributed by atoms with Gasteiger partial charge in [-0.25, -0.2) is 0 Å². The van der Waals surface area contributed by atoms with E-state index in [-0.39, 0.29) is 29.9 Å². The Balaban J connectivity index is 2.06. The molecule has 0 heterocycles. The molecule has 0 radical (unpaired) electrons. The molecule has 0 bridgehead atoms. The number of amides is 3. The summed E-state index contributed by atoms with van der Waals surface area (Å²) < 4.78 is 0. The van der Waals surface area contributed by atoms with Gasteiger partial charge < -0.3 is 21.7 Å². The van der Waals surface area contributed by atoms with E-state index in [0.29, 0.717) is 6.54 Å². The van der Waals surface area contributed by atoms with Gasteiger partial charge in [-0.15, -0.1) is 0 Å². The molecule has 7 nitrogen and oxygen atoms in total. The van der Waals surface area contributed by atoms with E-state index < -0.39 is 11.8 Å². The number of hydrogen-bond donors (Lipinski definition) is 4. The predicted molar refractivity (Wildman–Crippen MR) is 68.5 cm³/mol. The summed E-state index contributed by atoms with van der Waals surface area (Å²) in [6.07, 6.45) is 1.86. The van der Waals surface area contributed by atoms with E-state index in [2.05, 4.69) is 28.2 Å². The van der Waals surface area contributed by atoms with Crippen molar-refractivity contribution in [3.63, 3.8) is 0 Å². The van der Waals surface area contributed by atoms with Crippen LogP contribution in [0.25, 0.3) is 0 Å². The largest absolute Gasteiger partial charge is 0.392 e. The van der Waals surface area contributed by atoms with E-state index in [9.17, 15) is 14.4 Å². The first-order chi connectivity index (χ1) is 8.50. The van der Waals surface area contributed by atoms with Gasteiger partial charge in [0, 0.05) is 19.0 Å². The standard InChI is InChI=1S/C10H16N4O3S/c11-7(18)5-14-10(17)9(16)13-4-3-12-8(15)6-1-2-6/h6H,1-5H2,(H2,11,18)(H,12,15)(H,13,16)(H,14,17). The third kappa shape index (κ3) is 5.58. The zero-order valence-electron chi connectivity index (χ0n) is 9.82. The van der Waals surface area contributed by atoms with Gasteiger partial charge in [0.15, 0.2) is 0 Å². The quantitative estimate of drug-likeness (QED) is 0.254. The molecule has 1 aliphatic rings. The Morgan fingerprint density at radius 3 is 2.17 bits per heavy atom. The fraction of sp³-hybridized carbons (Fsp3) is 0.600. The second-order valence-electron chi connectivity index (χ2n) is 3.97. The van der Waals surface area contributed by atoms with E-state index in [0.717, 1.165) is 12.8 Å². The maximum Gasteiger partial charge on any atom is 0.309 e. The molecule has 18 heavy (non-hydrogen) atoms. The molecule has 0 aromatic heterocycles. The molecule has 0 spiro atoms. The highest BCUT2D eigenvalue weighted by Gasteiger charge is 2.29. The highest BCUT2D eigenvalue weighted by molar-refractivity contribution is 7.80. The Labute approximate surface area is 110 Å². The van der Waals surface area contributed by atoms with Crippen molar-refractivity contribution in [3.05, 3.63) is 0 Å². The second-order valence-corrected chi connectivity index (χ2v) is 4.49. The molecule has 1 saturated carbocycles. The lowest BCUT2D eigenvalue weighted by molar-refractivity contribution is -0.139. The summed E-state index contributed by atoms with van der Waals surface area (Å²) >= 11 is 4.55. The first-order valence-electron chi connectivity index (χ1n) is 5.62. The lowest BCUT2D eigenvalue weighted by atomic mass is 10.4. The summed E-state index contributed by atoms with van der Waals surface area (Å²) in [4.78, 5) is 33.7. The zero-order chi connectivity index (χ0) is 13.5. The topological polar surface area (TPSA) is 113 Å². The minimum absolute atomic E-state index is 0.00202. The number of rotatable bonds is 6. The van der Waals surface area contributed by atoms with Crippen molar-refractivity contribution in [3.8, 4) is 0 Å². The monoisotopic (exact) mass is 272 g/mol. The van der Waals surface area contributed by atoms with Gasteiger partial charge in [-0.3, -0.25) is 14.4 Å². The summed E-state index contributed by atoms with van der Waals surface area (Å²) in [6.45, 7) is 0.501. The summed E-state index contributed by atoms with van der Waals surface area (Å²) in [5.74, 6) is -1.43. The Morgan fingerprint density at radius 1 is 1.06 bits per heavy atom. The van der Waals surface area contributed by atoms with Crippen LogP contribution in [-0.4, -0.2) is 42.3 Å². The molecular weight excluding hydrogens is 256 g/mol. The minimum atomic E-state index is -0.795. The van der Waals surface area contributed by atoms with Gasteiger partial charge in [0.05, 0.1) is 11.5 Å². The number of nitrogens with two attached hydrogens (primary N) is 1. The van der Waals surface area contributed by atoms with Crippen molar-refractivity contribution >= 4 is 34.9 Å². The number of hydrogen-bond acceptors (Lipinski definition) is 4. The number of thiocarbonyl (C=S) groups is 1. The fourth-order valence-electron chi connectivity index (χ4n) is 1.18. The molecule has 0 saturated heterocycles. The van der Waals surface area contributed by atoms with Gasteiger partial charge in [0.25, 0.3) is 0 Å². The summed E-state index contributed by atoms with van der Waals surface area (Å²) in [6, 6.07) is 0. The predicted octanol–water partition coefficient (Wildman–Crippen LogP) is -1.97. The molecule has 0 atom stereocenters. The van der Waals surface area contributed by atoms with Crippen LogP contribution in [0.4, 0.5) is 0 Å². The summed E-state index contributed by atoms with van der Waals surface area (Å²) in [5, 5.41) is 7.29. The van der Waals surface area contributed by atoms with Crippen molar-refractivity contribution in [2.24, 2.45) is 11.7 Å². The van der Waals surface area contributed by atoms with E-state index in [1.807, 2.05) is 0 Å². The lowest BCUT2D eigenvalue weighted by Gasteiger charge is -2.06. The average Bonchev–Trinajstić information content (AvgIpc) is 3.14. The number of carbonyl (C=O) groups is 3. The van der Waals surface area contributed by atoms with E-state index in [4.69, 9.17) is 5.73 Å². The Hall–Kier alpha value is -1.70. The van der Waals surface area contributed by atoms with Crippen LogP contribution in [0.15, 0.2) is 0 Å². The van der Waals surface area contributed by atoms with E-state index in [1.54, 1.807) is 0 Å². The van der Waals surface area contributed by atoms with Crippen molar-refractivity contribution in [1.29, 1.82) is 0 Å². The van der Waals surface area contributed by atoms with Crippen LogP contribution in [0.1, 0.15) is 12.8 Å². The third-order valence-electron chi connectivity index (χ3n) is 2.29. The SMILES string of the molecule is NC(=S)CNC(=O)C(=O)NCCNC(=O)C1CC1. The van der Waals surface area contributed by atoms with Crippen LogP contribution in [-0.2, 0) is 14.4 Å². The fourth-order valence-corrected chi connectivity index (χ4v) is 1.25. The Morgan fingerprint density at radius 2 is 1.61 bits per heavy atom. The molecule has 1 aliphatic carbocycles. The molecule has 8 heteroatoms. The highest BCUT2D eigenvalue weighted by atomic mass is 32.1. The maximum atomic E-state index is 11.2. The minimum Gasteiger partial charge on any atom is -0.392 e.